The highest BCUT2D eigenvalue weighted by Gasteiger charge is 2.14. The number of pyridine rings is 1. The van der Waals surface area contributed by atoms with Crippen LogP contribution < -0.4 is 5.73 Å². The maximum absolute atomic E-state index is 6.06. The van der Waals surface area contributed by atoms with E-state index in [9.17, 15) is 0 Å². The third-order valence-corrected chi connectivity index (χ3v) is 2.74. The number of rotatable bonds is 3. The quantitative estimate of drug-likeness (QED) is 0.882. The number of aromatic nitrogens is 3. The SMILES string of the molecule is Cn1c(-c2ccccn2)nc(Cl)c1CCN. The molecule has 0 atom stereocenters. The highest BCUT2D eigenvalue weighted by atomic mass is 35.5. The Labute approximate surface area is 99.1 Å². The van der Waals surface area contributed by atoms with Gasteiger partial charge in [-0.05, 0) is 18.7 Å². The minimum Gasteiger partial charge on any atom is -0.330 e. The van der Waals surface area contributed by atoms with Crippen LogP contribution in [0.25, 0.3) is 11.5 Å². The topological polar surface area (TPSA) is 56.7 Å². The molecule has 5 heteroatoms. The van der Waals surface area contributed by atoms with Crippen molar-refractivity contribution in [2.24, 2.45) is 12.8 Å². The van der Waals surface area contributed by atoms with Gasteiger partial charge in [-0.25, -0.2) is 4.98 Å². The van der Waals surface area contributed by atoms with Gasteiger partial charge in [0.1, 0.15) is 5.69 Å². The normalized spacial score (nSPS) is 10.7. The van der Waals surface area contributed by atoms with Gasteiger partial charge >= 0.3 is 0 Å². The molecular weight excluding hydrogens is 224 g/mol. The fraction of sp³-hybridized carbons (Fsp3) is 0.273. The van der Waals surface area contributed by atoms with E-state index in [-0.39, 0.29) is 0 Å². The van der Waals surface area contributed by atoms with Crippen LogP contribution in [0.5, 0.6) is 0 Å². The predicted molar refractivity (Wildman–Crippen MR) is 64.2 cm³/mol. The summed E-state index contributed by atoms with van der Waals surface area (Å²) in [7, 11) is 1.92. The van der Waals surface area contributed by atoms with Crippen LogP contribution in [0.2, 0.25) is 5.15 Å². The van der Waals surface area contributed by atoms with E-state index in [2.05, 4.69) is 9.97 Å². The van der Waals surface area contributed by atoms with E-state index in [1.54, 1.807) is 6.20 Å². The number of nitrogens with zero attached hydrogens (tertiary/aromatic N) is 3. The van der Waals surface area contributed by atoms with Gasteiger partial charge in [-0.2, -0.15) is 0 Å². The van der Waals surface area contributed by atoms with E-state index in [0.29, 0.717) is 11.7 Å². The number of hydrogen-bond donors (Lipinski definition) is 1. The van der Waals surface area contributed by atoms with Gasteiger partial charge in [-0.1, -0.05) is 17.7 Å². The Morgan fingerprint density at radius 2 is 2.25 bits per heavy atom. The first kappa shape index (κ1) is 11.1. The zero-order valence-corrected chi connectivity index (χ0v) is 9.78. The highest BCUT2D eigenvalue weighted by molar-refractivity contribution is 6.30. The van der Waals surface area contributed by atoms with Crippen LogP contribution in [0.1, 0.15) is 5.69 Å². The number of nitrogens with two attached hydrogens (primary N) is 1. The molecule has 2 rings (SSSR count). The van der Waals surface area contributed by atoms with Gasteiger partial charge in [0, 0.05) is 19.7 Å². The summed E-state index contributed by atoms with van der Waals surface area (Å²) in [6, 6.07) is 5.70. The lowest BCUT2D eigenvalue weighted by Crippen LogP contribution is -2.07. The zero-order valence-electron chi connectivity index (χ0n) is 9.02. The lowest BCUT2D eigenvalue weighted by atomic mass is 10.3. The molecular formula is C11H13ClN4. The maximum Gasteiger partial charge on any atom is 0.160 e. The van der Waals surface area contributed by atoms with Crippen molar-refractivity contribution >= 4 is 11.6 Å². The monoisotopic (exact) mass is 236 g/mol. The van der Waals surface area contributed by atoms with Crippen molar-refractivity contribution in [1.29, 1.82) is 0 Å². The van der Waals surface area contributed by atoms with Crippen LogP contribution in [0.15, 0.2) is 24.4 Å². The van der Waals surface area contributed by atoms with Gasteiger partial charge in [-0.15, -0.1) is 0 Å². The van der Waals surface area contributed by atoms with E-state index >= 15 is 0 Å². The van der Waals surface area contributed by atoms with Gasteiger partial charge in [0.05, 0.1) is 5.69 Å². The molecule has 0 aromatic carbocycles. The van der Waals surface area contributed by atoms with Gasteiger partial charge in [0.25, 0.3) is 0 Å². The Morgan fingerprint density at radius 3 is 2.88 bits per heavy atom. The standard InChI is InChI=1S/C11H13ClN4/c1-16-9(5-6-13)10(12)15-11(16)8-4-2-3-7-14-8/h2-4,7H,5-6,13H2,1H3. The van der Waals surface area contributed by atoms with Crippen molar-refractivity contribution < 1.29 is 0 Å². The smallest absolute Gasteiger partial charge is 0.160 e. The number of hydrogen-bond acceptors (Lipinski definition) is 3. The van der Waals surface area contributed by atoms with Crippen molar-refractivity contribution in [2.45, 2.75) is 6.42 Å². The van der Waals surface area contributed by atoms with E-state index in [0.717, 1.165) is 23.6 Å². The van der Waals surface area contributed by atoms with Crippen molar-refractivity contribution in [2.75, 3.05) is 6.54 Å². The van der Waals surface area contributed by atoms with Crippen LogP contribution in [0.4, 0.5) is 0 Å². The molecule has 0 amide bonds. The second-order valence-electron chi connectivity index (χ2n) is 3.49. The van der Waals surface area contributed by atoms with E-state index in [1.165, 1.54) is 0 Å². The van der Waals surface area contributed by atoms with Crippen LogP contribution in [0.3, 0.4) is 0 Å². The summed E-state index contributed by atoms with van der Waals surface area (Å²) in [4.78, 5) is 8.56. The third kappa shape index (κ3) is 1.94. The average Bonchev–Trinajstić information content (AvgIpc) is 2.59. The van der Waals surface area contributed by atoms with Crippen LogP contribution in [0, 0.1) is 0 Å². The van der Waals surface area contributed by atoms with Crippen LogP contribution >= 0.6 is 11.6 Å². The second-order valence-corrected chi connectivity index (χ2v) is 3.84. The largest absolute Gasteiger partial charge is 0.330 e. The predicted octanol–water partition coefficient (Wildman–Crippen LogP) is 1.64. The van der Waals surface area contributed by atoms with E-state index in [4.69, 9.17) is 17.3 Å². The highest BCUT2D eigenvalue weighted by Crippen LogP contribution is 2.22. The Morgan fingerprint density at radius 1 is 1.44 bits per heavy atom. The van der Waals surface area contributed by atoms with Crippen molar-refractivity contribution in [3.8, 4) is 11.5 Å². The lowest BCUT2D eigenvalue weighted by molar-refractivity contribution is 0.809. The fourth-order valence-corrected chi connectivity index (χ4v) is 1.93. The molecule has 4 nitrogen and oxygen atoms in total. The summed E-state index contributed by atoms with van der Waals surface area (Å²) in [6.45, 7) is 0.556. The molecule has 2 aromatic rings. The number of halogens is 1. The number of imidazole rings is 1. The summed E-state index contributed by atoms with van der Waals surface area (Å²) in [5, 5.41) is 0.508. The Hall–Kier alpha value is -1.39. The summed E-state index contributed by atoms with van der Waals surface area (Å²) >= 11 is 6.06. The molecule has 2 heterocycles. The van der Waals surface area contributed by atoms with Gasteiger partial charge < -0.3 is 10.3 Å². The molecule has 2 N–H and O–H groups in total. The van der Waals surface area contributed by atoms with Crippen molar-refractivity contribution in [3.63, 3.8) is 0 Å². The van der Waals surface area contributed by atoms with Gasteiger partial charge in [-0.3, -0.25) is 4.98 Å². The molecule has 0 aliphatic carbocycles. The first-order valence-corrected chi connectivity index (χ1v) is 5.44. The molecule has 0 spiro atoms. The van der Waals surface area contributed by atoms with Crippen molar-refractivity contribution in [3.05, 3.63) is 35.2 Å². The minimum absolute atomic E-state index is 0.508. The second kappa shape index (κ2) is 4.63. The van der Waals surface area contributed by atoms with E-state index < -0.39 is 0 Å². The Kier molecular flexibility index (Phi) is 3.22. The molecule has 0 saturated heterocycles. The maximum atomic E-state index is 6.06. The molecule has 0 bridgehead atoms. The Balaban J connectivity index is 2.47. The molecule has 84 valence electrons. The molecule has 0 fully saturated rings. The van der Waals surface area contributed by atoms with Crippen LogP contribution in [-0.2, 0) is 13.5 Å². The molecule has 0 radical (unpaired) electrons. The average molecular weight is 237 g/mol. The van der Waals surface area contributed by atoms with E-state index in [1.807, 2.05) is 29.8 Å². The summed E-state index contributed by atoms with van der Waals surface area (Å²) in [5.41, 5.74) is 7.29. The fourth-order valence-electron chi connectivity index (χ4n) is 1.63. The van der Waals surface area contributed by atoms with Gasteiger partial charge in [0.15, 0.2) is 11.0 Å². The molecule has 16 heavy (non-hydrogen) atoms. The molecule has 0 aliphatic heterocycles. The van der Waals surface area contributed by atoms with Gasteiger partial charge in [0.2, 0.25) is 0 Å². The summed E-state index contributed by atoms with van der Waals surface area (Å²) in [5.74, 6) is 0.772. The molecule has 0 saturated carbocycles. The Bertz CT molecular complexity index is 478. The summed E-state index contributed by atoms with van der Waals surface area (Å²) in [6.07, 6.45) is 2.45. The molecule has 0 unspecified atom stereocenters. The third-order valence-electron chi connectivity index (χ3n) is 2.44. The minimum atomic E-state index is 0.508. The lowest BCUT2D eigenvalue weighted by Gasteiger charge is -2.04. The van der Waals surface area contributed by atoms with Crippen molar-refractivity contribution in [1.82, 2.24) is 14.5 Å². The molecule has 0 aliphatic rings. The first-order valence-electron chi connectivity index (χ1n) is 5.06. The zero-order chi connectivity index (χ0) is 11.5. The van der Waals surface area contributed by atoms with Crippen LogP contribution in [-0.4, -0.2) is 21.1 Å². The first-order chi connectivity index (χ1) is 7.74. The summed E-state index contributed by atoms with van der Waals surface area (Å²) < 4.78 is 1.94. The molecule has 2 aromatic heterocycles.